The Balaban J connectivity index is 1.89. The molecule has 126 valence electrons. The van der Waals surface area contributed by atoms with Crippen LogP contribution in [-0.4, -0.2) is 24.9 Å². The van der Waals surface area contributed by atoms with Crippen molar-refractivity contribution < 1.29 is 23.8 Å². The van der Waals surface area contributed by atoms with E-state index in [0.29, 0.717) is 22.6 Å². The van der Waals surface area contributed by atoms with Crippen LogP contribution in [0, 0.1) is 0 Å². The topological polar surface area (TPSA) is 74.2 Å². The van der Waals surface area contributed by atoms with Crippen molar-refractivity contribution in [2.45, 2.75) is 6.92 Å². The molecule has 3 rings (SSSR count). The van der Waals surface area contributed by atoms with Crippen molar-refractivity contribution in [1.29, 1.82) is 0 Å². The third-order valence-electron chi connectivity index (χ3n) is 3.36. The molecule has 1 heterocycles. The molecule has 0 bridgehead atoms. The van der Waals surface area contributed by atoms with Crippen LogP contribution in [0.5, 0.6) is 11.5 Å². The number of rotatable bonds is 4. The predicted octanol–water partition coefficient (Wildman–Crippen LogP) is 2.97. The highest BCUT2D eigenvalue weighted by Crippen LogP contribution is 2.23. The van der Waals surface area contributed by atoms with Gasteiger partial charge < -0.3 is 14.2 Å². The maximum Gasteiger partial charge on any atom is 0.363 e. The van der Waals surface area contributed by atoms with Crippen LogP contribution in [0.3, 0.4) is 0 Å². The number of hydrogen-bond acceptors (Lipinski definition) is 6. The molecule has 0 N–H and O–H groups in total. The molecule has 2 aromatic rings. The molecular formula is C19H15NO5. The molecule has 0 atom stereocenters. The summed E-state index contributed by atoms with van der Waals surface area (Å²) in [7, 11) is 1.56. The van der Waals surface area contributed by atoms with Crippen molar-refractivity contribution in [3.63, 3.8) is 0 Å². The summed E-state index contributed by atoms with van der Waals surface area (Å²) in [5.74, 6) is 0.290. The molecule has 1 aliphatic heterocycles. The Morgan fingerprint density at radius 2 is 1.88 bits per heavy atom. The average molecular weight is 337 g/mol. The molecule has 0 amide bonds. The minimum atomic E-state index is -0.546. The van der Waals surface area contributed by atoms with Crippen molar-refractivity contribution >= 4 is 23.9 Å². The quantitative estimate of drug-likeness (QED) is 0.487. The van der Waals surface area contributed by atoms with E-state index in [0.717, 1.165) is 0 Å². The van der Waals surface area contributed by atoms with Crippen LogP contribution in [0.15, 0.2) is 59.2 Å². The molecule has 0 aliphatic carbocycles. The van der Waals surface area contributed by atoms with Gasteiger partial charge in [0.25, 0.3) is 0 Å². The van der Waals surface area contributed by atoms with Crippen LogP contribution < -0.4 is 9.47 Å². The van der Waals surface area contributed by atoms with Gasteiger partial charge in [-0.1, -0.05) is 18.2 Å². The van der Waals surface area contributed by atoms with E-state index in [4.69, 9.17) is 14.2 Å². The average Bonchev–Trinajstić information content (AvgIpc) is 2.95. The minimum Gasteiger partial charge on any atom is -0.497 e. The highest BCUT2D eigenvalue weighted by Gasteiger charge is 2.24. The Morgan fingerprint density at radius 1 is 1.12 bits per heavy atom. The smallest absolute Gasteiger partial charge is 0.363 e. The van der Waals surface area contributed by atoms with Crippen LogP contribution in [0.2, 0.25) is 0 Å². The molecular weight excluding hydrogens is 322 g/mol. The largest absolute Gasteiger partial charge is 0.497 e. The first kappa shape index (κ1) is 16.4. The zero-order valence-electron chi connectivity index (χ0n) is 13.7. The van der Waals surface area contributed by atoms with Gasteiger partial charge >= 0.3 is 11.9 Å². The fourth-order valence-corrected chi connectivity index (χ4v) is 2.28. The number of hydrogen-bond donors (Lipinski definition) is 0. The third kappa shape index (κ3) is 3.92. The van der Waals surface area contributed by atoms with Gasteiger partial charge in [-0.15, -0.1) is 0 Å². The lowest BCUT2D eigenvalue weighted by Gasteiger charge is -2.02. The molecule has 6 nitrogen and oxygen atoms in total. The maximum absolute atomic E-state index is 12.1. The SMILES string of the molecule is COc1cccc(C2=NC(=Cc3cccc(OC(C)=O)c3)C(=O)O2)c1. The lowest BCUT2D eigenvalue weighted by atomic mass is 10.2. The van der Waals surface area contributed by atoms with Crippen molar-refractivity contribution in [3.05, 3.63) is 65.4 Å². The fraction of sp³-hybridized carbons (Fsp3) is 0.105. The number of esters is 2. The Labute approximate surface area is 144 Å². The lowest BCUT2D eigenvalue weighted by Crippen LogP contribution is -2.05. The summed E-state index contributed by atoms with van der Waals surface area (Å²) in [6.07, 6.45) is 1.57. The Kier molecular flexibility index (Phi) is 4.61. The molecule has 0 saturated heterocycles. The van der Waals surface area contributed by atoms with E-state index in [2.05, 4.69) is 4.99 Å². The summed E-state index contributed by atoms with van der Waals surface area (Å²) in [5.41, 5.74) is 1.48. The number of carbonyl (C=O) groups is 2. The molecule has 0 aromatic heterocycles. The lowest BCUT2D eigenvalue weighted by molar-refractivity contribution is -0.132. The first-order valence-corrected chi connectivity index (χ1v) is 7.50. The first-order chi connectivity index (χ1) is 12.0. The van der Waals surface area contributed by atoms with Gasteiger partial charge in [-0.3, -0.25) is 4.79 Å². The molecule has 2 aromatic carbocycles. The molecule has 0 fully saturated rings. The molecule has 1 aliphatic rings. The molecule has 0 saturated carbocycles. The summed E-state index contributed by atoms with van der Waals surface area (Å²) in [6, 6.07) is 13.9. The van der Waals surface area contributed by atoms with Crippen LogP contribution in [0.1, 0.15) is 18.1 Å². The minimum absolute atomic E-state index is 0.165. The van der Waals surface area contributed by atoms with Crippen LogP contribution >= 0.6 is 0 Å². The molecule has 0 unspecified atom stereocenters. The van der Waals surface area contributed by atoms with Gasteiger partial charge in [0.2, 0.25) is 5.90 Å². The standard InChI is InChI=1S/C19H15NO5/c1-12(21)24-16-8-3-5-13(9-16)10-17-19(22)25-18(20-17)14-6-4-7-15(11-14)23-2/h3-11H,1-2H3. The van der Waals surface area contributed by atoms with Crippen LogP contribution in [0.4, 0.5) is 0 Å². The molecule has 0 spiro atoms. The van der Waals surface area contributed by atoms with Crippen molar-refractivity contribution in [3.8, 4) is 11.5 Å². The maximum atomic E-state index is 12.1. The van der Waals surface area contributed by atoms with Gasteiger partial charge in [0.05, 0.1) is 7.11 Å². The van der Waals surface area contributed by atoms with E-state index in [1.165, 1.54) is 6.92 Å². The van der Waals surface area contributed by atoms with Gasteiger partial charge in [0.15, 0.2) is 5.70 Å². The first-order valence-electron chi connectivity index (χ1n) is 7.50. The normalized spacial score (nSPS) is 14.9. The van der Waals surface area contributed by atoms with Crippen molar-refractivity contribution in [2.24, 2.45) is 4.99 Å². The predicted molar refractivity (Wildman–Crippen MR) is 91.4 cm³/mol. The summed E-state index contributed by atoms with van der Waals surface area (Å²) in [4.78, 5) is 27.3. The highest BCUT2D eigenvalue weighted by molar-refractivity contribution is 6.13. The van der Waals surface area contributed by atoms with Gasteiger partial charge in [-0.2, -0.15) is 0 Å². The van der Waals surface area contributed by atoms with E-state index in [1.54, 1.807) is 61.7 Å². The van der Waals surface area contributed by atoms with Gasteiger partial charge in [-0.25, -0.2) is 9.79 Å². The zero-order valence-corrected chi connectivity index (χ0v) is 13.7. The number of methoxy groups -OCH3 is 1. The summed E-state index contributed by atoms with van der Waals surface area (Å²) < 4.78 is 15.4. The second-order valence-electron chi connectivity index (χ2n) is 5.23. The van der Waals surface area contributed by atoms with Gasteiger partial charge in [0, 0.05) is 12.5 Å². The summed E-state index contributed by atoms with van der Waals surface area (Å²) >= 11 is 0. The number of ether oxygens (including phenoxy) is 3. The van der Waals surface area contributed by atoms with E-state index in [9.17, 15) is 9.59 Å². The Morgan fingerprint density at radius 3 is 2.64 bits per heavy atom. The number of cyclic esters (lactones) is 1. The fourth-order valence-electron chi connectivity index (χ4n) is 2.28. The Hall–Kier alpha value is -3.41. The summed E-state index contributed by atoms with van der Waals surface area (Å²) in [5, 5.41) is 0. The van der Waals surface area contributed by atoms with Crippen LogP contribution in [0.25, 0.3) is 6.08 Å². The van der Waals surface area contributed by atoms with Crippen molar-refractivity contribution in [2.75, 3.05) is 7.11 Å². The molecule has 25 heavy (non-hydrogen) atoms. The third-order valence-corrected chi connectivity index (χ3v) is 3.36. The van der Waals surface area contributed by atoms with E-state index < -0.39 is 11.9 Å². The zero-order chi connectivity index (χ0) is 17.8. The van der Waals surface area contributed by atoms with E-state index in [-0.39, 0.29) is 11.6 Å². The number of benzene rings is 2. The number of carbonyl (C=O) groups excluding carboxylic acids is 2. The second kappa shape index (κ2) is 7.00. The van der Waals surface area contributed by atoms with Crippen LogP contribution in [-0.2, 0) is 14.3 Å². The highest BCUT2D eigenvalue weighted by atomic mass is 16.6. The summed E-state index contributed by atoms with van der Waals surface area (Å²) in [6.45, 7) is 1.32. The van der Waals surface area contributed by atoms with Gasteiger partial charge in [-0.05, 0) is 42.0 Å². The van der Waals surface area contributed by atoms with E-state index in [1.807, 2.05) is 0 Å². The number of nitrogens with zero attached hydrogens (tertiary/aromatic N) is 1. The molecule has 0 radical (unpaired) electrons. The monoisotopic (exact) mass is 337 g/mol. The number of aliphatic imine (C=N–C) groups is 1. The second-order valence-corrected chi connectivity index (χ2v) is 5.23. The van der Waals surface area contributed by atoms with E-state index >= 15 is 0 Å². The van der Waals surface area contributed by atoms with Gasteiger partial charge in [0.1, 0.15) is 11.5 Å². The molecule has 6 heteroatoms. The Bertz CT molecular complexity index is 898. The van der Waals surface area contributed by atoms with Crippen molar-refractivity contribution in [1.82, 2.24) is 0 Å².